The highest BCUT2D eigenvalue weighted by Gasteiger charge is 2.07. The number of amides is 1. The number of aliphatic hydroxyl groups excluding tert-OH is 1. The maximum atomic E-state index is 10.6. The van der Waals surface area contributed by atoms with Crippen LogP contribution in [0.25, 0.3) is 10.8 Å². The van der Waals surface area contributed by atoms with Crippen molar-refractivity contribution >= 4 is 16.7 Å². The van der Waals surface area contributed by atoms with Crippen LogP contribution in [-0.2, 0) is 4.79 Å². The predicted molar refractivity (Wildman–Crippen MR) is 85.8 cm³/mol. The molecule has 0 aliphatic carbocycles. The topological polar surface area (TPSA) is 63.3 Å². The van der Waals surface area contributed by atoms with E-state index in [0.29, 0.717) is 6.42 Å². The van der Waals surface area contributed by atoms with Crippen LogP contribution in [0.5, 0.6) is 0 Å². The van der Waals surface area contributed by atoms with Gasteiger partial charge < -0.3 is 10.8 Å². The van der Waals surface area contributed by atoms with Crippen LogP contribution in [0.3, 0.4) is 0 Å². The van der Waals surface area contributed by atoms with Gasteiger partial charge in [0.05, 0.1) is 6.10 Å². The van der Waals surface area contributed by atoms with Crippen LogP contribution in [0.2, 0.25) is 0 Å². The minimum atomic E-state index is -0.411. The maximum Gasteiger partial charge on any atom is 0.217 e. The Bertz CT molecular complexity index is 595. The Balaban J connectivity index is 1.79. The molecule has 0 saturated heterocycles. The summed E-state index contributed by atoms with van der Waals surface area (Å²) in [7, 11) is 0. The number of unbranched alkanes of at least 4 members (excludes halogenated alkanes) is 3. The van der Waals surface area contributed by atoms with Crippen molar-refractivity contribution in [3.05, 3.63) is 48.0 Å². The van der Waals surface area contributed by atoms with E-state index in [1.807, 2.05) is 18.2 Å². The lowest BCUT2D eigenvalue weighted by Crippen LogP contribution is -2.09. The zero-order chi connectivity index (χ0) is 15.1. The average Bonchev–Trinajstić information content (AvgIpc) is 2.49. The first-order valence-corrected chi connectivity index (χ1v) is 7.62. The van der Waals surface area contributed by atoms with Crippen molar-refractivity contribution < 1.29 is 9.90 Å². The minimum Gasteiger partial charge on any atom is -0.388 e. The van der Waals surface area contributed by atoms with Crippen molar-refractivity contribution in [2.24, 2.45) is 5.73 Å². The number of hydrogen-bond acceptors (Lipinski definition) is 2. The van der Waals surface area contributed by atoms with Gasteiger partial charge in [0.2, 0.25) is 5.91 Å². The smallest absolute Gasteiger partial charge is 0.217 e. The van der Waals surface area contributed by atoms with Crippen LogP contribution < -0.4 is 5.73 Å². The fraction of sp³-hybridized carbons (Fsp3) is 0.389. The second-order valence-corrected chi connectivity index (χ2v) is 5.54. The van der Waals surface area contributed by atoms with Crippen LogP contribution in [0.4, 0.5) is 0 Å². The number of rotatable bonds is 8. The summed E-state index contributed by atoms with van der Waals surface area (Å²) in [5.74, 6) is -0.230. The van der Waals surface area contributed by atoms with Gasteiger partial charge in [0, 0.05) is 6.42 Å². The molecule has 21 heavy (non-hydrogen) atoms. The summed E-state index contributed by atoms with van der Waals surface area (Å²) in [6.45, 7) is 0. The van der Waals surface area contributed by atoms with Crippen LogP contribution in [0.15, 0.2) is 42.5 Å². The summed E-state index contributed by atoms with van der Waals surface area (Å²) in [4.78, 5) is 10.6. The molecule has 1 amide bonds. The first-order valence-electron chi connectivity index (χ1n) is 7.62. The van der Waals surface area contributed by atoms with Crippen LogP contribution in [0.1, 0.15) is 50.2 Å². The number of fused-ring (bicyclic) bond motifs is 1. The monoisotopic (exact) mass is 285 g/mol. The molecule has 0 radical (unpaired) electrons. The van der Waals surface area contributed by atoms with E-state index in [4.69, 9.17) is 5.73 Å². The molecule has 3 N–H and O–H groups in total. The number of nitrogens with two attached hydrogens (primary N) is 1. The minimum absolute atomic E-state index is 0.230. The molecule has 0 saturated carbocycles. The molecular formula is C18H23NO2. The van der Waals surface area contributed by atoms with Gasteiger partial charge in [-0.25, -0.2) is 0 Å². The zero-order valence-corrected chi connectivity index (χ0v) is 12.3. The Morgan fingerprint density at radius 2 is 1.71 bits per heavy atom. The van der Waals surface area contributed by atoms with Gasteiger partial charge in [0.15, 0.2) is 0 Å². The van der Waals surface area contributed by atoms with Gasteiger partial charge in [-0.15, -0.1) is 0 Å². The summed E-state index contributed by atoms with van der Waals surface area (Å²) in [5, 5.41) is 12.6. The van der Waals surface area contributed by atoms with Crippen molar-refractivity contribution in [3.63, 3.8) is 0 Å². The quantitative estimate of drug-likeness (QED) is 0.726. The molecule has 0 aromatic heterocycles. The van der Waals surface area contributed by atoms with Crippen LogP contribution in [-0.4, -0.2) is 11.0 Å². The molecule has 2 aromatic rings. The Labute approximate surface area is 125 Å². The van der Waals surface area contributed by atoms with E-state index in [9.17, 15) is 9.90 Å². The Morgan fingerprint density at radius 3 is 2.48 bits per heavy atom. The van der Waals surface area contributed by atoms with Gasteiger partial charge in [-0.2, -0.15) is 0 Å². The highest BCUT2D eigenvalue weighted by Crippen LogP contribution is 2.24. The van der Waals surface area contributed by atoms with Crippen molar-refractivity contribution in [2.75, 3.05) is 0 Å². The largest absolute Gasteiger partial charge is 0.388 e. The summed E-state index contributed by atoms with van der Waals surface area (Å²) in [6, 6.07) is 14.3. The molecular weight excluding hydrogens is 262 g/mol. The van der Waals surface area contributed by atoms with Gasteiger partial charge >= 0.3 is 0 Å². The summed E-state index contributed by atoms with van der Waals surface area (Å²) in [5.41, 5.74) is 6.08. The molecule has 0 heterocycles. The molecule has 1 unspecified atom stereocenters. The van der Waals surface area contributed by atoms with Gasteiger partial charge in [-0.05, 0) is 35.2 Å². The highest BCUT2D eigenvalue weighted by atomic mass is 16.3. The molecule has 1 atom stereocenters. The molecule has 0 bridgehead atoms. The van der Waals surface area contributed by atoms with Crippen molar-refractivity contribution in [3.8, 4) is 0 Å². The third-order valence-corrected chi connectivity index (χ3v) is 3.81. The van der Waals surface area contributed by atoms with Gasteiger partial charge in [0.25, 0.3) is 0 Å². The molecule has 2 aromatic carbocycles. The molecule has 0 spiro atoms. The standard InChI is InChI=1S/C18H23NO2/c19-18(21)10-4-2-1-3-9-17(20)16-12-11-14-7-5-6-8-15(14)13-16/h5-8,11-13,17,20H,1-4,9-10H2,(H2,19,21). The molecule has 0 fully saturated rings. The Morgan fingerprint density at radius 1 is 1.00 bits per heavy atom. The molecule has 0 aliphatic heterocycles. The summed E-state index contributed by atoms with van der Waals surface area (Å²) >= 11 is 0. The normalized spacial score (nSPS) is 12.4. The fourth-order valence-electron chi connectivity index (χ4n) is 2.57. The molecule has 0 aliphatic rings. The molecule has 3 heteroatoms. The number of benzene rings is 2. The Hall–Kier alpha value is -1.87. The Kier molecular flexibility index (Phi) is 5.76. The lowest BCUT2D eigenvalue weighted by atomic mass is 9.99. The molecule has 2 rings (SSSR count). The van der Waals surface area contributed by atoms with E-state index in [1.54, 1.807) is 0 Å². The second kappa shape index (κ2) is 7.79. The third kappa shape index (κ3) is 4.87. The SMILES string of the molecule is NC(=O)CCCCCCC(O)c1ccc2ccccc2c1. The average molecular weight is 285 g/mol. The fourth-order valence-corrected chi connectivity index (χ4v) is 2.57. The van der Waals surface area contributed by atoms with Crippen molar-refractivity contribution in [1.82, 2.24) is 0 Å². The summed E-state index contributed by atoms with van der Waals surface area (Å²) < 4.78 is 0. The lowest BCUT2D eigenvalue weighted by Gasteiger charge is -2.12. The number of carbonyl (C=O) groups excluding carboxylic acids is 1. The summed E-state index contributed by atoms with van der Waals surface area (Å²) in [6.07, 6.45) is 4.65. The third-order valence-electron chi connectivity index (χ3n) is 3.81. The van der Waals surface area contributed by atoms with Crippen LogP contribution in [0, 0.1) is 0 Å². The van der Waals surface area contributed by atoms with E-state index in [1.165, 1.54) is 5.39 Å². The molecule has 112 valence electrons. The van der Waals surface area contributed by atoms with Gasteiger partial charge in [-0.1, -0.05) is 55.7 Å². The van der Waals surface area contributed by atoms with Crippen molar-refractivity contribution in [2.45, 2.75) is 44.6 Å². The van der Waals surface area contributed by atoms with Gasteiger partial charge in [-0.3, -0.25) is 4.79 Å². The number of primary amides is 1. The van der Waals surface area contributed by atoms with E-state index in [-0.39, 0.29) is 5.91 Å². The molecule has 3 nitrogen and oxygen atoms in total. The predicted octanol–water partition coefficient (Wildman–Crippen LogP) is 3.70. The van der Waals surface area contributed by atoms with Crippen LogP contribution >= 0.6 is 0 Å². The van der Waals surface area contributed by atoms with E-state index >= 15 is 0 Å². The van der Waals surface area contributed by atoms with Crippen molar-refractivity contribution in [1.29, 1.82) is 0 Å². The number of carbonyl (C=O) groups is 1. The van der Waals surface area contributed by atoms with Gasteiger partial charge in [0.1, 0.15) is 0 Å². The first-order chi connectivity index (χ1) is 10.2. The number of aliphatic hydroxyl groups is 1. The second-order valence-electron chi connectivity index (χ2n) is 5.54. The highest BCUT2D eigenvalue weighted by molar-refractivity contribution is 5.83. The lowest BCUT2D eigenvalue weighted by molar-refractivity contribution is -0.118. The zero-order valence-electron chi connectivity index (χ0n) is 12.3. The maximum absolute atomic E-state index is 10.6. The van der Waals surface area contributed by atoms with E-state index in [0.717, 1.165) is 43.1 Å². The number of hydrogen-bond donors (Lipinski definition) is 2. The van der Waals surface area contributed by atoms with E-state index in [2.05, 4.69) is 24.3 Å². The first kappa shape index (κ1) is 15.5. The van der Waals surface area contributed by atoms with E-state index < -0.39 is 6.10 Å².